The van der Waals surface area contributed by atoms with Crippen LogP contribution in [-0.4, -0.2) is 60.8 Å². The van der Waals surface area contributed by atoms with Gasteiger partial charge in [0.2, 0.25) is 0 Å². The van der Waals surface area contributed by atoms with Gasteiger partial charge >= 0.3 is 0 Å². The lowest BCUT2D eigenvalue weighted by Crippen LogP contribution is -2.47. The van der Waals surface area contributed by atoms with Crippen LogP contribution in [0, 0.1) is 0 Å². The molecule has 1 aliphatic heterocycles. The van der Waals surface area contributed by atoms with Crippen LogP contribution >= 0.6 is 11.3 Å². The summed E-state index contributed by atoms with van der Waals surface area (Å²) in [4.78, 5) is 4.85. The van der Waals surface area contributed by atoms with E-state index in [4.69, 9.17) is 5.11 Å². The number of piperazine rings is 1. The third-order valence-corrected chi connectivity index (χ3v) is 3.91. The average Bonchev–Trinajstić information content (AvgIpc) is 2.82. The van der Waals surface area contributed by atoms with Gasteiger partial charge in [0.25, 0.3) is 0 Å². The van der Waals surface area contributed by atoms with Crippen LogP contribution in [0.25, 0.3) is 0 Å². The second-order valence-corrected chi connectivity index (χ2v) is 5.07. The maximum absolute atomic E-state index is 8.86. The van der Waals surface area contributed by atoms with Crippen LogP contribution in [0.5, 0.6) is 0 Å². The first-order chi connectivity index (χ1) is 7.88. The van der Waals surface area contributed by atoms with Crippen molar-refractivity contribution in [1.82, 2.24) is 9.80 Å². The fourth-order valence-corrected chi connectivity index (χ4v) is 2.80. The summed E-state index contributed by atoms with van der Waals surface area (Å²) in [5, 5.41) is 13.2. The zero-order valence-corrected chi connectivity index (χ0v) is 10.5. The number of aliphatic hydroxyl groups excluding tert-OH is 1. The molecule has 1 aliphatic rings. The molecule has 0 amide bonds. The van der Waals surface area contributed by atoms with Gasteiger partial charge in [-0.05, 0) is 28.8 Å². The Kier molecular flexibility index (Phi) is 4.78. The fraction of sp³-hybridized carbons (Fsp3) is 0.667. The van der Waals surface area contributed by atoms with Crippen LogP contribution in [0.3, 0.4) is 0 Å². The van der Waals surface area contributed by atoms with Crippen LogP contribution in [0.2, 0.25) is 0 Å². The maximum atomic E-state index is 8.86. The molecule has 0 saturated carbocycles. The second-order valence-electron chi connectivity index (χ2n) is 4.29. The molecule has 16 heavy (non-hydrogen) atoms. The predicted octanol–water partition coefficient (Wildman–Crippen LogP) is 0.900. The van der Waals surface area contributed by atoms with Crippen LogP contribution in [0.15, 0.2) is 16.8 Å². The molecule has 0 radical (unpaired) electrons. The summed E-state index contributed by atoms with van der Waals surface area (Å²) < 4.78 is 0. The van der Waals surface area contributed by atoms with E-state index in [-0.39, 0.29) is 6.61 Å². The van der Waals surface area contributed by atoms with E-state index >= 15 is 0 Å². The van der Waals surface area contributed by atoms with Crippen molar-refractivity contribution in [2.24, 2.45) is 0 Å². The lowest BCUT2D eigenvalue weighted by atomic mass is 10.2. The van der Waals surface area contributed by atoms with Gasteiger partial charge in [0.05, 0.1) is 6.61 Å². The standard InChI is InChI=1S/C12H20N2OS/c15-9-8-14-6-4-13(5-7-14)3-1-12-2-10-16-11-12/h2,10-11,15H,1,3-9H2. The van der Waals surface area contributed by atoms with Crippen molar-refractivity contribution in [3.8, 4) is 0 Å². The highest BCUT2D eigenvalue weighted by Crippen LogP contribution is 2.08. The molecule has 1 fully saturated rings. The van der Waals surface area contributed by atoms with Gasteiger partial charge in [-0.25, -0.2) is 0 Å². The second kappa shape index (κ2) is 6.35. The van der Waals surface area contributed by atoms with Crippen molar-refractivity contribution in [1.29, 1.82) is 0 Å². The Hall–Kier alpha value is -0.420. The summed E-state index contributed by atoms with van der Waals surface area (Å²) in [5.41, 5.74) is 1.46. The van der Waals surface area contributed by atoms with Gasteiger partial charge in [-0.2, -0.15) is 11.3 Å². The number of rotatable bonds is 5. The molecule has 0 aromatic carbocycles. The number of hydrogen-bond donors (Lipinski definition) is 1. The molecule has 0 spiro atoms. The highest BCUT2D eigenvalue weighted by Gasteiger charge is 2.15. The summed E-state index contributed by atoms with van der Waals surface area (Å²) in [6.45, 7) is 6.78. The molecule has 0 bridgehead atoms. The van der Waals surface area contributed by atoms with Gasteiger partial charge in [0, 0.05) is 39.3 Å². The lowest BCUT2D eigenvalue weighted by molar-refractivity contribution is 0.113. The maximum Gasteiger partial charge on any atom is 0.0558 e. The van der Waals surface area contributed by atoms with Gasteiger partial charge in [0.15, 0.2) is 0 Å². The molecule has 1 aromatic heterocycles. The Labute approximate surface area is 101 Å². The van der Waals surface area contributed by atoms with Crippen molar-refractivity contribution in [2.45, 2.75) is 6.42 Å². The van der Waals surface area contributed by atoms with Gasteiger partial charge in [-0.1, -0.05) is 0 Å². The third kappa shape index (κ3) is 3.56. The topological polar surface area (TPSA) is 26.7 Å². The van der Waals surface area contributed by atoms with Crippen molar-refractivity contribution in [2.75, 3.05) is 45.9 Å². The summed E-state index contributed by atoms with van der Waals surface area (Å²) in [5.74, 6) is 0. The van der Waals surface area contributed by atoms with Crippen LogP contribution in [0.1, 0.15) is 5.56 Å². The van der Waals surface area contributed by atoms with Gasteiger partial charge in [0.1, 0.15) is 0 Å². The first-order valence-corrected chi connectivity index (χ1v) is 6.89. The van der Waals surface area contributed by atoms with Gasteiger partial charge in [-0.15, -0.1) is 0 Å². The molecule has 0 unspecified atom stereocenters. The van der Waals surface area contributed by atoms with Crippen molar-refractivity contribution >= 4 is 11.3 Å². The quantitative estimate of drug-likeness (QED) is 0.828. The largest absolute Gasteiger partial charge is 0.395 e. The van der Waals surface area contributed by atoms with Crippen LogP contribution in [-0.2, 0) is 6.42 Å². The first-order valence-electron chi connectivity index (χ1n) is 5.95. The number of thiophene rings is 1. The first kappa shape index (κ1) is 12.0. The Balaban J connectivity index is 1.65. The Morgan fingerprint density at radius 2 is 1.81 bits per heavy atom. The molecule has 1 N–H and O–H groups in total. The molecule has 90 valence electrons. The SMILES string of the molecule is OCCN1CCN(CCc2ccsc2)CC1. The van der Waals surface area contributed by atoms with Crippen molar-refractivity contribution in [3.63, 3.8) is 0 Å². The highest BCUT2D eigenvalue weighted by atomic mass is 32.1. The van der Waals surface area contributed by atoms with Crippen LogP contribution in [0.4, 0.5) is 0 Å². The smallest absolute Gasteiger partial charge is 0.0558 e. The summed E-state index contributed by atoms with van der Waals surface area (Å²) >= 11 is 1.78. The minimum atomic E-state index is 0.287. The van der Waals surface area contributed by atoms with E-state index in [1.54, 1.807) is 11.3 Å². The summed E-state index contributed by atoms with van der Waals surface area (Å²) in [6.07, 6.45) is 1.17. The average molecular weight is 240 g/mol. The number of aliphatic hydroxyl groups is 1. The van der Waals surface area contributed by atoms with E-state index in [2.05, 4.69) is 26.6 Å². The number of β-amino-alcohol motifs (C(OH)–C–C–N with tert-alkyl or cyclic N) is 1. The van der Waals surface area contributed by atoms with Gasteiger partial charge in [-0.3, -0.25) is 4.90 Å². The van der Waals surface area contributed by atoms with E-state index in [0.717, 1.165) is 32.7 Å². The molecule has 3 nitrogen and oxygen atoms in total. The van der Waals surface area contributed by atoms with E-state index in [1.165, 1.54) is 18.5 Å². The Morgan fingerprint density at radius 3 is 2.38 bits per heavy atom. The van der Waals surface area contributed by atoms with E-state index in [9.17, 15) is 0 Å². The number of nitrogens with zero attached hydrogens (tertiary/aromatic N) is 2. The van der Waals surface area contributed by atoms with Gasteiger partial charge < -0.3 is 10.0 Å². The van der Waals surface area contributed by atoms with Crippen LogP contribution < -0.4 is 0 Å². The zero-order chi connectivity index (χ0) is 11.2. The predicted molar refractivity (Wildman–Crippen MR) is 68.0 cm³/mol. The van der Waals surface area contributed by atoms with Crippen molar-refractivity contribution < 1.29 is 5.11 Å². The molecular formula is C12H20N2OS. The lowest BCUT2D eigenvalue weighted by Gasteiger charge is -2.34. The molecular weight excluding hydrogens is 220 g/mol. The molecule has 1 saturated heterocycles. The van der Waals surface area contributed by atoms with Crippen molar-refractivity contribution in [3.05, 3.63) is 22.4 Å². The Morgan fingerprint density at radius 1 is 1.12 bits per heavy atom. The fourth-order valence-electron chi connectivity index (χ4n) is 2.10. The minimum Gasteiger partial charge on any atom is -0.395 e. The van der Waals surface area contributed by atoms with E-state index < -0.39 is 0 Å². The molecule has 2 heterocycles. The third-order valence-electron chi connectivity index (χ3n) is 3.18. The normalized spacial score (nSPS) is 19.1. The summed E-state index contributed by atoms with van der Waals surface area (Å²) in [7, 11) is 0. The molecule has 0 atom stereocenters. The molecule has 0 aliphatic carbocycles. The monoisotopic (exact) mass is 240 g/mol. The number of hydrogen-bond acceptors (Lipinski definition) is 4. The molecule has 1 aromatic rings. The summed E-state index contributed by atoms with van der Waals surface area (Å²) in [6, 6.07) is 2.21. The zero-order valence-electron chi connectivity index (χ0n) is 9.64. The highest BCUT2D eigenvalue weighted by molar-refractivity contribution is 7.07. The van der Waals surface area contributed by atoms with E-state index in [0.29, 0.717) is 0 Å². The molecule has 4 heteroatoms. The Bertz CT molecular complexity index is 281. The molecule has 2 rings (SSSR count). The van der Waals surface area contributed by atoms with E-state index in [1.807, 2.05) is 0 Å². The minimum absolute atomic E-state index is 0.287.